The zero-order valence-corrected chi connectivity index (χ0v) is 23.2. The zero-order chi connectivity index (χ0) is 26.6. The quantitative estimate of drug-likeness (QED) is 0.0871. The predicted octanol–water partition coefficient (Wildman–Crippen LogP) is 8.99. The molecule has 0 amide bonds. The second kappa shape index (κ2) is 19.6. The minimum atomic E-state index is -0.663. The third-order valence-corrected chi connectivity index (χ3v) is 6.14. The van der Waals surface area contributed by atoms with Gasteiger partial charge in [-0.15, -0.1) is 0 Å². The van der Waals surface area contributed by atoms with Gasteiger partial charge in [-0.2, -0.15) is 0 Å². The Labute approximate surface area is 219 Å². The van der Waals surface area contributed by atoms with Crippen molar-refractivity contribution in [2.75, 3.05) is 6.61 Å². The molecule has 1 aromatic rings. The molecule has 5 nitrogen and oxygen atoms in total. The van der Waals surface area contributed by atoms with Gasteiger partial charge in [-0.3, -0.25) is 4.79 Å². The van der Waals surface area contributed by atoms with E-state index in [1.54, 1.807) is 0 Å². The number of unbranched alkanes of at least 4 members (excludes halogenated alkanes) is 4. The molecule has 2 unspecified atom stereocenters. The normalized spacial score (nSPS) is 13.3. The molecule has 5 heteroatoms. The molecule has 0 aliphatic heterocycles. The van der Waals surface area contributed by atoms with Crippen LogP contribution in [0.5, 0.6) is 0 Å². The molecule has 202 valence electrons. The van der Waals surface area contributed by atoms with Crippen molar-refractivity contribution in [2.24, 2.45) is 0 Å². The number of benzene rings is 1. The molecular weight excluding hydrogens is 452 g/mol. The average molecular weight is 501 g/mol. The zero-order valence-electron chi connectivity index (χ0n) is 23.2. The minimum Gasteiger partial charge on any atom is -0.435 e. The van der Waals surface area contributed by atoms with Crippen LogP contribution in [0, 0.1) is 0 Å². The van der Waals surface area contributed by atoms with E-state index in [9.17, 15) is 9.59 Å². The summed E-state index contributed by atoms with van der Waals surface area (Å²) in [6.45, 7) is 11.0. The van der Waals surface area contributed by atoms with E-state index in [0.717, 1.165) is 25.7 Å². The second-order valence-corrected chi connectivity index (χ2v) is 9.68. The number of ether oxygens (including phenoxy) is 3. The Morgan fingerprint density at radius 2 is 1.69 bits per heavy atom. The molecule has 0 heterocycles. The van der Waals surface area contributed by atoms with Crippen molar-refractivity contribution in [3.63, 3.8) is 0 Å². The average Bonchev–Trinajstić information content (AvgIpc) is 2.86. The fraction of sp³-hybridized carbons (Fsp3) is 0.613. The van der Waals surface area contributed by atoms with Crippen LogP contribution in [0.1, 0.15) is 122 Å². The largest absolute Gasteiger partial charge is 0.508 e. The number of esters is 1. The van der Waals surface area contributed by atoms with E-state index in [1.165, 1.54) is 36.7 Å². The van der Waals surface area contributed by atoms with Crippen molar-refractivity contribution < 1.29 is 23.8 Å². The first kappa shape index (κ1) is 31.5. The highest BCUT2D eigenvalue weighted by Crippen LogP contribution is 2.22. The van der Waals surface area contributed by atoms with Gasteiger partial charge < -0.3 is 14.2 Å². The van der Waals surface area contributed by atoms with Crippen molar-refractivity contribution in [2.45, 2.75) is 117 Å². The van der Waals surface area contributed by atoms with E-state index in [0.29, 0.717) is 25.4 Å². The van der Waals surface area contributed by atoms with Crippen LogP contribution < -0.4 is 0 Å². The number of rotatable bonds is 18. The van der Waals surface area contributed by atoms with E-state index >= 15 is 0 Å². The fourth-order valence-corrected chi connectivity index (χ4v) is 3.79. The molecule has 0 N–H and O–H groups in total. The van der Waals surface area contributed by atoms with Crippen LogP contribution in [0.2, 0.25) is 0 Å². The highest BCUT2D eigenvalue weighted by Gasteiger charge is 2.17. The van der Waals surface area contributed by atoms with Gasteiger partial charge in [0.15, 0.2) is 0 Å². The third-order valence-electron chi connectivity index (χ3n) is 6.14. The van der Waals surface area contributed by atoms with Crippen molar-refractivity contribution in [1.82, 2.24) is 0 Å². The molecule has 0 aliphatic carbocycles. The Hall–Kier alpha value is -2.56. The molecule has 0 aromatic heterocycles. The van der Waals surface area contributed by atoms with E-state index in [-0.39, 0.29) is 24.4 Å². The minimum absolute atomic E-state index is 0.137. The summed E-state index contributed by atoms with van der Waals surface area (Å²) < 4.78 is 16.0. The van der Waals surface area contributed by atoms with Crippen molar-refractivity contribution >= 4 is 12.1 Å². The second-order valence-electron chi connectivity index (χ2n) is 9.68. The Morgan fingerprint density at radius 1 is 0.944 bits per heavy atom. The monoisotopic (exact) mass is 500 g/mol. The van der Waals surface area contributed by atoms with E-state index in [4.69, 9.17) is 14.2 Å². The molecular formula is C31H48O5. The van der Waals surface area contributed by atoms with Crippen molar-refractivity contribution in [3.05, 3.63) is 59.9 Å². The number of carbonyl (C=O) groups is 2. The molecule has 1 rings (SSSR count). The SMILES string of the molecule is CC/C=C\CCOC(=O)OC(CCCCCCC)CCC(=O)OC=CC(C)c1cccc(C(C)C)c1. The van der Waals surface area contributed by atoms with Crippen LogP contribution in [-0.2, 0) is 19.0 Å². The third kappa shape index (κ3) is 14.8. The molecule has 0 bridgehead atoms. The molecule has 1 aromatic carbocycles. The van der Waals surface area contributed by atoms with Gasteiger partial charge in [0.2, 0.25) is 0 Å². The fourth-order valence-electron chi connectivity index (χ4n) is 3.79. The predicted molar refractivity (Wildman–Crippen MR) is 147 cm³/mol. The van der Waals surface area contributed by atoms with E-state index in [2.05, 4.69) is 58.9 Å². The first-order chi connectivity index (χ1) is 17.4. The lowest BCUT2D eigenvalue weighted by atomic mass is 9.95. The van der Waals surface area contributed by atoms with Crippen molar-refractivity contribution in [1.29, 1.82) is 0 Å². The van der Waals surface area contributed by atoms with Crippen LogP contribution >= 0.6 is 0 Å². The molecule has 0 saturated heterocycles. The number of allylic oxidation sites excluding steroid dienone is 2. The van der Waals surface area contributed by atoms with Crippen LogP contribution in [0.15, 0.2) is 48.8 Å². The van der Waals surface area contributed by atoms with Gasteiger partial charge in [-0.05, 0) is 55.2 Å². The lowest BCUT2D eigenvalue weighted by molar-refractivity contribution is -0.138. The molecule has 2 atom stereocenters. The van der Waals surface area contributed by atoms with E-state index in [1.807, 2.05) is 18.2 Å². The summed E-state index contributed by atoms with van der Waals surface area (Å²) in [5.41, 5.74) is 2.48. The molecule has 0 spiro atoms. The van der Waals surface area contributed by atoms with Gasteiger partial charge in [0.1, 0.15) is 6.10 Å². The summed E-state index contributed by atoms with van der Waals surface area (Å²) >= 11 is 0. The lowest BCUT2D eigenvalue weighted by Gasteiger charge is -2.17. The molecule has 0 fully saturated rings. The van der Waals surface area contributed by atoms with Crippen LogP contribution in [0.4, 0.5) is 4.79 Å². The summed E-state index contributed by atoms with van der Waals surface area (Å²) in [7, 11) is 0. The highest BCUT2D eigenvalue weighted by molar-refractivity contribution is 5.70. The smallest absolute Gasteiger partial charge is 0.435 e. The summed E-state index contributed by atoms with van der Waals surface area (Å²) in [5.74, 6) is 0.278. The summed E-state index contributed by atoms with van der Waals surface area (Å²) in [5, 5.41) is 0. The topological polar surface area (TPSA) is 61.8 Å². The number of hydrogen-bond acceptors (Lipinski definition) is 5. The number of hydrogen-bond donors (Lipinski definition) is 0. The molecule has 0 saturated carbocycles. The van der Waals surface area contributed by atoms with Gasteiger partial charge in [0, 0.05) is 12.3 Å². The van der Waals surface area contributed by atoms with Gasteiger partial charge in [-0.25, -0.2) is 4.79 Å². The Kier molecular flexibility index (Phi) is 17.1. The highest BCUT2D eigenvalue weighted by atomic mass is 16.7. The first-order valence-corrected chi connectivity index (χ1v) is 13.8. The van der Waals surface area contributed by atoms with Crippen molar-refractivity contribution in [3.8, 4) is 0 Å². The van der Waals surface area contributed by atoms with Crippen LogP contribution in [0.3, 0.4) is 0 Å². The Morgan fingerprint density at radius 3 is 2.42 bits per heavy atom. The first-order valence-electron chi connectivity index (χ1n) is 13.8. The van der Waals surface area contributed by atoms with E-state index < -0.39 is 6.16 Å². The maximum atomic E-state index is 12.3. The van der Waals surface area contributed by atoms with Gasteiger partial charge >= 0.3 is 12.1 Å². The molecule has 0 aliphatic rings. The number of carbonyl (C=O) groups excluding carboxylic acids is 2. The molecule has 36 heavy (non-hydrogen) atoms. The van der Waals surface area contributed by atoms with Gasteiger partial charge in [0.25, 0.3) is 0 Å². The summed E-state index contributed by atoms with van der Waals surface area (Å²) in [4.78, 5) is 24.4. The van der Waals surface area contributed by atoms with Gasteiger partial charge in [-0.1, -0.05) is 96.7 Å². The molecule has 0 radical (unpaired) electrons. The van der Waals surface area contributed by atoms with Crippen LogP contribution in [0.25, 0.3) is 0 Å². The maximum absolute atomic E-state index is 12.3. The van der Waals surface area contributed by atoms with Crippen LogP contribution in [-0.4, -0.2) is 24.8 Å². The summed E-state index contributed by atoms with van der Waals surface area (Å²) in [6.07, 6.45) is 15.0. The Balaban J connectivity index is 2.51. The standard InChI is InChI=1S/C31H48O5/c1-6-8-10-12-13-18-29(36-31(33)35-22-14-11-9-7-2)19-20-30(32)34-23-21-26(5)28-17-15-16-27(24-28)25(3)4/h9,11,15-17,21,23-26,29H,6-8,10,12-14,18-20,22H2,1-5H3/b11-9-,23-21?. The van der Waals surface area contributed by atoms with Gasteiger partial charge in [0.05, 0.1) is 12.9 Å². The maximum Gasteiger partial charge on any atom is 0.508 e. The lowest BCUT2D eigenvalue weighted by Crippen LogP contribution is -2.21. The summed E-state index contributed by atoms with van der Waals surface area (Å²) in [6, 6.07) is 8.48. The Bertz CT molecular complexity index is 796.